The first kappa shape index (κ1) is 7.80. The number of H-pyrrole nitrogens is 1. The van der Waals surface area contributed by atoms with Gasteiger partial charge >= 0.3 is 0 Å². The Kier molecular flexibility index (Phi) is 1.96. The Morgan fingerprint density at radius 3 is 2.46 bits per heavy atom. The highest BCUT2D eigenvalue weighted by atomic mass is 16.1. The van der Waals surface area contributed by atoms with Crippen LogP contribution in [0.5, 0.6) is 0 Å². The standard InChI is InChI=1S/C11H9NO/c13-11-6-7-12-8-10(11)9-4-2-1-3-5-9/h1-8H,(H,12,13). The summed E-state index contributed by atoms with van der Waals surface area (Å²) in [5.41, 5.74) is 1.71. The summed E-state index contributed by atoms with van der Waals surface area (Å²) in [4.78, 5) is 14.3. The van der Waals surface area contributed by atoms with E-state index in [0.717, 1.165) is 5.56 Å². The molecule has 0 aliphatic heterocycles. The lowest BCUT2D eigenvalue weighted by atomic mass is 10.1. The summed E-state index contributed by atoms with van der Waals surface area (Å²) in [5, 5.41) is 0. The molecular formula is C11H9NO. The van der Waals surface area contributed by atoms with Crippen molar-refractivity contribution < 1.29 is 0 Å². The third-order valence-corrected chi connectivity index (χ3v) is 1.91. The number of benzene rings is 1. The average molecular weight is 171 g/mol. The van der Waals surface area contributed by atoms with Gasteiger partial charge in [-0.15, -0.1) is 0 Å². The Hall–Kier alpha value is -1.83. The molecule has 0 atom stereocenters. The highest BCUT2D eigenvalue weighted by molar-refractivity contribution is 5.61. The van der Waals surface area contributed by atoms with Crippen LogP contribution in [0.2, 0.25) is 0 Å². The fourth-order valence-corrected chi connectivity index (χ4v) is 1.26. The van der Waals surface area contributed by atoms with Crippen LogP contribution in [0.4, 0.5) is 0 Å². The number of aromatic nitrogens is 1. The average Bonchev–Trinajstić information content (AvgIpc) is 2.20. The Labute approximate surface area is 75.9 Å². The van der Waals surface area contributed by atoms with Gasteiger partial charge < -0.3 is 4.98 Å². The second kappa shape index (κ2) is 3.27. The van der Waals surface area contributed by atoms with Gasteiger partial charge in [0.2, 0.25) is 0 Å². The predicted octanol–water partition coefficient (Wildman–Crippen LogP) is 2.04. The largest absolute Gasteiger partial charge is 0.367 e. The molecule has 2 heteroatoms. The fraction of sp³-hybridized carbons (Fsp3) is 0. The van der Waals surface area contributed by atoms with E-state index >= 15 is 0 Å². The van der Waals surface area contributed by atoms with E-state index in [1.807, 2.05) is 30.3 Å². The summed E-state index contributed by atoms with van der Waals surface area (Å²) in [7, 11) is 0. The van der Waals surface area contributed by atoms with Crippen LogP contribution >= 0.6 is 0 Å². The van der Waals surface area contributed by atoms with Crippen LogP contribution in [0, 0.1) is 0 Å². The minimum absolute atomic E-state index is 0.0463. The van der Waals surface area contributed by atoms with Crippen LogP contribution in [0.25, 0.3) is 11.1 Å². The number of nitrogens with one attached hydrogen (secondary N) is 1. The normalized spacial score (nSPS) is 9.85. The van der Waals surface area contributed by atoms with E-state index in [4.69, 9.17) is 0 Å². The minimum atomic E-state index is 0.0463. The number of pyridine rings is 1. The van der Waals surface area contributed by atoms with Crippen LogP contribution in [0.1, 0.15) is 0 Å². The van der Waals surface area contributed by atoms with Crippen molar-refractivity contribution in [2.45, 2.75) is 0 Å². The van der Waals surface area contributed by atoms with Crippen molar-refractivity contribution in [3.63, 3.8) is 0 Å². The number of rotatable bonds is 1. The van der Waals surface area contributed by atoms with Crippen molar-refractivity contribution in [2.75, 3.05) is 0 Å². The Balaban J connectivity index is 2.60. The molecule has 0 amide bonds. The molecule has 1 aromatic heterocycles. The van der Waals surface area contributed by atoms with Gasteiger partial charge in [-0.1, -0.05) is 30.3 Å². The van der Waals surface area contributed by atoms with Crippen molar-refractivity contribution in [1.82, 2.24) is 4.98 Å². The third kappa shape index (κ3) is 1.51. The Morgan fingerprint density at radius 2 is 1.77 bits per heavy atom. The van der Waals surface area contributed by atoms with E-state index in [0.29, 0.717) is 5.56 Å². The minimum Gasteiger partial charge on any atom is -0.367 e. The highest BCUT2D eigenvalue weighted by Gasteiger charge is 1.98. The summed E-state index contributed by atoms with van der Waals surface area (Å²) in [6.07, 6.45) is 3.35. The first-order valence-electron chi connectivity index (χ1n) is 4.10. The van der Waals surface area contributed by atoms with Crippen molar-refractivity contribution in [2.24, 2.45) is 0 Å². The summed E-state index contributed by atoms with van der Waals surface area (Å²) >= 11 is 0. The molecule has 13 heavy (non-hydrogen) atoms. The van der Waals surface area contributed by atoms with Crippen LogP contribution in [-0.2, 0) is 0 Å². The van der Waals surface area contributed by atoms with Gasteiger partial charge in [-0.25, -0.2) is 0 Å². The molecule has 0 saturated carbocycles. The Bertz CT molecular complexity index is 445. The number of aromatic amines is 1. The van der Waals surface area contributed by atoms with Crippen LogP contribution in [-0.4, -0.2) is 4.98 Å². The Morgan fingerprint density at radius 1 is 1.00 bits per heavy atom. The predicted molar refractivity (Wildman–Crippen MR) is 52.5 cm³/mol. The van der Waals surface area contributed by atoms with Gasteiger partial charge in [-0.2, -0.15) is 0 Å². The molecule has 0 bridgehead atoms. The second-order valence-corrected chi connectivity index (χ2v) is 2.79. The quantitative estimate of drug-likeness (QED) is 0.699. The SMILES string of the molecule is O=c1cc[nH]cc1-c1ccccc1. The maximum absolute atomic E-state index is 11.4. The van der Waals surface area contributed by atoms with Crippen LogP contribution < -0.4 is 5.43 Å². The third-order valence-electron chi connectivity index (χ3n) is 1.91. The second-order valence-electron chi connectivity index (χ2n) is 2.79. The van der Waals surface area contributed by atoms with Crippen molar-refractivity contribution in [3.05, 3.63) is 59.0 Å². The summed E-state index contributed by atoms with van der Waals surface area (Å²) in [6.45, 7) is 0. The molecule has 1 N–H and O–H groups in total. The van der Waals surface area contributed by atoms with E-state index < -0.39 is 0 Å². The molecule has 2 rings (SSSR count). The van der Waals surface area contributed by atoms with E-state index in [-0.39, 0.29) is 5.43 Å². The zero-order chi connectivity index (χ0) is 9.10. The van der Waals surface area contributed by atoms with Crippen molar-refractivity contribution in [3.8, 4) is 11.1 Å². The smallest absolute Gasteiger partial charge is 0.189 e. The maximum atomic E-state index is 11.4. The monoisotopic (exact) mass is 171 g/mol. The van der Waals surface area contributed by atoms with Gasteiger partial charge in [-0.3, -0.25) is 4.79 Å². The zero-order valence-corrected chi connectivity index (χ0v) is 7.03. The summed E-state index contributed by atoms with van der Waals surface area (Å²) in [5.74, 6) is 0. The van der Waals surface area contributed by atoms with Gasteiger partial charge in [0.15, 0.2) is 5.43 Å². The van der Waals surface area contributed by atoms with Gasteiger partial charge in [0, 0.05) is 24.0 Å². The molecule has 0 saturated heterocycles. The van der Waals surface area contributed by atoms with Gasteiger partial charge in [0.1, 0.15) is 0 Å². The molecule has 0 aliphatic carbocycles. The molecule has 2 nitrogen and oxygen atoms in total. The molecule has 64 valence electrons. The molecule has 0 unspecified atom stereocenters. The van der Waals surface area contributed by atoms with Gasteiger partial charge in [-0.05, 0) is 5.56 Å². The zero-order valence-electron chi connectivity index (χ0n) is 7.03. The van der Waals surface area contributed by atoms with Gasteiger partial charge in [0.25, 0.3) is 0 Å². The van der Waals surface area contributed by atoms with Crippen molar-refractivity contribution >= 4 is 0 Å². The molecule has 2 aromatic rings. The highest BCUT2D eigenvalue weighted by Crippen LogP contribution is 2.12. The molecule has 0 spiro atoms. The molecule has 1 heterocycles. The number of hydrogen-bond acceptors (Lipinski definition) is 1. The summed E-state index contributed by atoms with van der Waals surface area (Å²) in [6, 6.07) is 11.1. The molecule has 0 radical (unpaired) electrons. The topological polar surface area (TPSA) is 32.9 Å². The van der Waals surface area contributed by atoms with E-state index in [2.05, 4.69) is 4.98 Å². The van der Waals surface area contributed by atoms with Crippen molar-refractivity contribution in [1.29, 1.82) is 0 Å². The van der Waals surface area contributed by atoms with Crippen LogP contribution in [0.3, 0.4) is 0 Å². The summed E-state index contributed by atoms with van der Waals surface area (Å²) < 4.78 is 0. The lowest BCUT2D eigenvalue weighted by Gasteiger charge is -1.97. The van der Waals surface area contributed by atoms with E-state index in [9.17, 15) is 4.79 Å². The lowest BCUT2D eigenvalue weighted by molar-refractivity contribution is 1.30. The molecule has 1 aromatic carbocycles. The first-order chi connectivity index (χ1) is 6.38. The first-order valence-corrected chi connectivity index (χ1v) is 4.10. The van der Waals surface area contributed by atoms with Gasteiger partial charge in [0.05, 0.1) is 0 Å². The molecule has 0 aliphatic rings. The van der Waals surface area contributed by atoms with Crippen LogP contribution in [0.15, 0.2) is 53.6 Å². The van der Waals surface area contributed by atoms with E-state index in [1.165, 1.54) is 6.07 Å². The fourth-order valence-electron chi connectivity index (χ4n) is 1.26. The number of hydrogen-bond donors (Lipinski definition) is 1. The lowest BCUT2D eigenvalue weighted by Crippen LogP contribution is -2.01. The maximum Gasteiger partial charge on any atom is 0.189 e. The molecular weight excluding hydrogens is 162 g/mol. The van der Waals surface area contributed by atoms with E-state index in [1.54, 1.807) is 12.4 Å². The molecule has 0 fully saturated rings.